The Morgan fingerprint density at radius 3 is 0.888 bits per heavy atom. The summed E-state index contributed by atoms with van der Waals surface area (Å²) in [7, 11) is 0. The fourth-order valence-corrected chi connectivity index (χ4v) is 12.8. The third-order valence-electron chi connectivity index (χ3n) is 15.9. The number of aliphatic carboxylic acids is 2. The number of aliphatic hydroxyl groups is 20. The van der Waals surface area contributed by atoms with Crippen LogP contribution in [0.1, 0.15) is 0 Å². The van der Waals surface area contributed by atoms with Gasteiger partial charge in [0.25, 0.3) is 0 Å². The first-order valence-corrected chi connectivity index (χ1v) is 30.3. The molecule has 0 radical (unpaired) electrons. The summed E-state index contributed by atoms with van der Waals surface area (Å²) in [6.07, 6.45) is -64.6. The zero-order chi connectivity index (χ0) is 65.6. The van der Waals surface area contributed by atoms with Crippen molar-refractivity contribution >= 4 is 35.5 Å². The topological polar surface area (TPSA) is 651 Å². The van der Waals surface area contributed by atoms with Crippen LogP contribution in [0.3, 0.4) is 0 Å². The van der Waals surface area contributed by atoms with Crippen molar-refractivity contribution in [2.24, 2.45) is 11.5 Å². The molecule has 7 fully saturated rings. The van der Waals surface area contributed by atoms with Crippen LogP contribution < -0.4 is 11.5 Å². The number of ether oxygens (including phenoxy) is 13. The lowest BCUT2D eigenvalue weighted by molar-refractivity contribution is -0.395. The molecule has 26 N–H and O–H groups in total. The molecule has 0 amide bonds. The zero-order valence-corrected chi connectivity index (χ0v) is 48.4. The molecule has 0 bridgehead atoms. The first kappa shape index (κ1) is 74.6. The van der Waals surface area contributed by atoms with E-state index < -0.39 is 271 Å². The van der Waals surface area contributed by atoms with Crippen molar-refractivity contribution < 1.29 is 184 Å². The molecule has 0 aliphatic carbocycles. The summed E-state index contributed by atoms with van der Waals surface area (Å²) in [6.45, 7) is -5.25. The molecular formula is C48H82N2O37S2. The van der Waals surface area contributed by atoms with Gasteiger partial charge in [-0.2, -0.15) is 23.5 Å². The summed E-state index contributed by atoms with van der Waals surface area (Å²) in [5.74, 6) is -3.81. The van der Waals surface area contributed by atoms with Gasteiger partial charge in [0.1, 0.15) is 171 Å². The fraction of sp³-hybridized carbons (Fsp3) is 0.958. The Balaban J connectivity index is 0.993. The smallest absolute Gasteiger partial charge is 0.321 e. The number of hydrogen-bond donors (Lipinski definition) is 24. The minimum atomic E-state index is -2.26. The molecule has 14 unspecified atom stereocenters. The highest BCUT2D eigenvalue weighted by Crippen LogP contribution is 2.38. The third-order valence-corrected chi connectivity index (χ3v) is 18.2. The standard InChI is InChI=1S/C48H82N2O37S2/c49-11(41(71)72)7-88-9-19-22(58)23(59)29(65)43(80-19)83-36-15(2-52)77-45(31(67)25(36)61)85-38-17(4-54)79-47(33(69)27(38)63)87-40-20(10-89-8-12(50)42(73)74)81-48(34(70)28(40)64)86-39-18(5-55)78-46(32(68)26(39)62)84-37-16(3-53)76-44(30(66)24(37)60)82-35-14(1-51)75-6-13(56)21(35)57/h11-40,43-48,51-70H,1-10,49-50H2,(H,71,72)(H,73,74)/t11-,12-,13-,14?,15?,16?,17?,18?,19?,20?,21?,22-,23?,24-,25?,26-,27-,28-,29+,30?,31+,32?,33?,34?,35-,36-,37-,38-,39-,40-,43-,44-,45+,46-,47+,48+/m1/s1. The number of aliphatic hydroxyl groups excluding tert-OH is 20. The van der Waals surface area contributed by atoms with Crippen LogP contribution in [0.15, 0.2) is 0 Å². The quantitative estimate of drug-likeness (QED) is 0.0363. The van der Waals surface area contributed by atoms with Crippen molar-refractivity contribution in [3.8, 4) is 0 Å². The van der Waals surface area contributed by atoms with E-state index in [2.05, 4.69) is 0 Å². The van der Waals surface area contributed by atoms with Crippen LogP contribution in [0.25, 0.3) is 0 Å². The molecule has 0 aromatic heterocycles. The maximum Gasteiger partial charge on any atom is 0.321 e. The second-order valence-corrected chi connectivity index (χ2v) is 24.2. The summed E-state index contributed by atoms with van der Waals surface area (Å²) in [4.78, 5) is 22.7. The molecule has 36 atom stereocenters. The van der Waals surface area contributed by atoms with Gasteiger partial charge in [-0.3, -0.25) is 9.59 Å². The van der Waals surface area contributed by atoms with Crippen molar-refractivity contribution in [1.29, 1.82) is 0 Å². The number of thioether (sulfide) groups is 2. The van der Waals surface area contributed by atoms with Crippen molar-refractivity contribution in [3.63, 3.8) is 0 Å². The van der Waals surface area contributed by atoms with E-state index in [4.69, 9.17) is 78.2 Å². The Hall–Kier alpha value is -1.76. The predicted molar refractivity (Wildman–Crippen MR) is 282 cm³/mol. The van der Waals surface area contributed by atoms with Crippen molar-refractivity contribution in [2.45, 2.75) is 221 Å². The zero-order valence-electron chi connectivity index (χ0n) is 46.8. The van der Waals surface area contributed by atoms with Gasteiger partial charge in [0.15, 0.2) is 37.7 Å². The summed E-state index contributed by atoms with van der Waals surface area (Å²) < 4.78 is 74.1. The predicted octanol–water partition coefficient (Wildman–Crippen LogP) is -15.3. The Kier molecular flexibility index (Phi) is 27.9. The van der Waals surface area contributed by atoms with Gasteiger partial charge in [0.05, 0.1) is 51.8 Å². The highest BCUT2D eigenvalue weighted by molar-refractivity contribution is 7.99. The molecule has 7 saturated heterocycles. The summed E-state index contributed by atoms with van der Waals surface area (Å²) in [5, 5.41) is 236. The van der Waals surface area contributed by atoms with Gasteiger partial charge in [0.2, 0.25) is 0 Å². The summed E-state index contributed by atoms with van der Waals surface area (Å²) >= 11 is 1.70. The Morgan fingerprint density at radius 2 is 0.596 bits per heavy atom. The van der Waals surface area contributed by atoms with Crippen LogP contribution in [-0.2, 0) is 71.2 Å². The Labute approximate surface area is 512 Å². The lowest BCUT2D eigenvalue weighted by atomic mass is 9.95. The van der Waals surface area contributed by atoms with Crippen LogP contribution >= 0.6 is 23.5 Å². The first-order chi connectivity index (χ1) is 42.1. The number of carboxylic acid groups (broad SMARTS) is 2. The maximum atomic E-state index is 11.7. The number of rotatable bonds is 27. The van der Waals surface area contributed by atoms with Gasteiger partial charge >= 0.3 is 11.9 Å². The largest absolute Gasteiger partial charge is 0.480 e. The molecule has 0 aromatic rings. The number of hydrogen-bond acceptors (Lipinski definition) is 39. The van der Waals surface area contributed by atoms with Gasteiger partial charge in [-0.1, -0.05) is 0 Å². The van der Waals surface area contributed by atoms with Crippen molar-refractivity contribution in [2.75, 3.05) is 62.7 Å². The Bertz CT molecular complexity index is 2180. The van der Waals surface area contributed by atoms with Gasteiger partial charge in [-0.05, 0) is 0 Å². The minimum absolute atomic E-state index is 0.155. The molecule has 41 heteroatoms. The highest BCUT2D eigenvalue weighted by atomic mass is 32.2. The monoisotopic (exact) mass is 1340 g/mol. The van der Waals surface area contributed by atoms with Crippen LogP contribution in [0.4, 0.5) is 0 Å². The third kappa shape index (κ3) is 17.1. The molecule has 518 valence electrons. The average molecular weight is 1340 g/mol. The molecular weight excluding hydrogens is 1260 g/mol. The molecule has 7 aliphatic heterocycles. The molecule has 7 heterocycles. The second kappa shape index (κ2) is 33.3. The lowest BCUT2D eigenvalue weighted by Crippen LogP contribution is -2.68. The van der Waals surface area contributed by atoms with Crippen molar-refractivity contribution in [1.82, 2.24) is 0 Å². The highest BCUT2D eigenvalue weighted by Gasteiger charge is 2.58. The normalized spacial score (nSPS) is 48.2. The van der Waals surface area contributed by atoms with Crippen LogP contribution in [0.2, 0.25) is 0 Å². The molecule has 7 rings (SSSR count). The fourth-order valence-electron chi connectivity index (χ4n) is 10.7. The van der Waals surface area contributed by atoms with E-state index in [0.29, 0.717) is 0 Å². The van der Waals surface area contributed by atoms with E-state index in [1.165, 1.54) is 0 Å². The van der Waals surface area contributed by atoms with Gasteiger partial charge in [0, 0.05) is 23.0 Å². The summed E-state index contributed by atoms with van der Waals surface area (Å²) in [6, 6.07) is -2.78. The first-order valence-electron chi connectivity index (χ1n) is 28.0. The lowest BCUT2D eigenvalue weighted by Gasteiger charge is -2.50. The van der Waals surface area contributed by atoms with Gasteiger partial charge in [-0.15, -0.1) is 0 Å². The van der Waals surface area contributed by atoms with Gasteiger partial charge < -0.3 is 185 Å². The molecule has 0 spiro atoms. The average Bonchev–Trinajstić information content (AvgIpc) is 1.39. The number of carboxylic acids is 2. The molecule has 89 heavy (non-hydrogen) atoms. The Morgan fingerprint density at radius 1 is 0.348 bits per heavy atom. The number of carbonyl (C=O) groups is 2. The van der Waals surface area contributed by atoms with Crippen LogP contribution in [-0.4, -0.2) is 408 Å². The van der Waals surface area contributed by atoms with E-state index >= 15 is 0 Å². The molecule has 0 saturated carbocycles. The van der Waals surface area contributed by atoms with E-state index in [1.54, 1.807) is 0 Å². The van der Waals surface area contributed by atoms with E-state index in [-0.39, 0.29) is 23.9 Å². The van der Waals surface area contributed by atoms with E-state index in [1.807, 2.05) is 0 Å². The second-order valence-electron chi connectivity index (χ2n) is 22.0. The van der Waals surface area contributed by atoms with E-state index in [0.717, 1.165) is 23.5 Å². The van der Waals surface area contributed by atoms with Gasteiger partial charge in [-0.25, -0.2) is 0 Å². The van der Waals surface area contributed by atoms with E-state index in [9.17, 15) is 117 Å². The molecule has 39 nitrogen and oxygen atoms in total. The van der Waals surface area contributed by atoms with Crippen LogP contribution in [0.5, 0.6) is 0 Å². The molecule has 7 aliphatic rings. The van der Waals surface area contributed by atoms with Crippen molar-refractivity contribution in [3.05, 3.63) is 0 Å². The maximum absolute atomic E-state index is 11.7. The molecule has 0 aromatic carbocycles. The SMILES string of the molecule is N[C@H](CSCC1O[C@H](O[C@@H]2C(CO)O[C@@H](O[C@@H]3C(CO)O[C@@H](O[C@@H]4C(CSC[C@@H](N)C(=O)O)O[C@@H](O[C@@H]5C(CO)O[C@H](O[C@@H]6C(CO)O[C@H](O[C@@H]7C(CO)OC[C@@H](O)C7O)C(O)[C@H]6O)C(O)[C@H]5O)C(O)[C@H]4O)C(O)[C@H]3O)[C@@H](O)C2O)[C@@H](O)C(O)[C@@H]1O)C(=O)O. The minimum Gasteiger partial charge on any atom is -0.480 e. The van der Waals surface area contributed by atoms with Crippen LogP contribution in [0, 0.1) is 0 Å². The summed E-state index contributed by atoms with van der Waals surface area (Å²) in [5.41, 5.74) is 11.2. The number of nitrogens with two attached hydrogens (primary N) is 2.